The summed E-state index contributed by atoms with van der Waals surface area (Å²) in [5, 5.41) is 4.02. The fraction of sp³-hybridized carbons (Fsp3) is 0.188. The van der Waals surface area contributed by atoms with Gasteiger partial charge in [-0.3, -0.25) is 0 Å². The van der Waals surface area contributed by atoms with Gasteiger partial charge in [0.25, 0.3) is 0 Å². The smallest absolute Gasteiger partial charge is 0.137 e. The molecular weight excluding hydrogens is 241 g/mol. The van der Waals surface area contributed by atoms with Crippen LogP contribution in [0.25, 0.3) is 0 Å². The molecule has 1 atom stereocenters. The zero-order valence-electron chi connectivity index (χ0n) is 10.4. The van der Waals surface area contributed by atoms with Crippen LogP contribution in [-0.2, 0) is 11.3 Å². The van der Waals surface area contributed by atoms with Crippen LogP contribution in [0.3, 0.4) is 0 Å². The van der Waals surface area contributed by atoms with E-state index in [0.717, 1.165) is 6.42 Å². The minimum atomic E-state index is -0.245. The molecule has 3 rings (SSSR count). The minimum absolute atomic E-state index is 0.00277. The maximum absolute atomic E-state index is 13.7. The second-order valence-electron chi connectivity index (χ2n) is 4.64. The zero-order chi connectivity index (χ0) is 13.1. The molecule has 3 heteroatoms. The largest absolute Gasteiger partial charge is 0.391 e. The molecule has 0 unspecified atom stereocenters. The highest BCUT2D eigenvalue weighted by molar-refractivity contribution is 6.01. The van der Waals surface area contributed by atoms with Gasteiger partial charge in [-0.2, -0.15) is 0 Å². The molecule has 0 fully saturated rings. The van der Waals surface area contributed by atoms with Gasteiger partial charge >= 0.3 is 0 Å². The Morgan fingerprint density at radius 2 is 1.79 bits per heavy atom. The van der Waals surface area contributed by atoms with E-state index >= 15 is 0 Å². The predicted octanol–water partition coefficient (Wildman–Crippen LogP) is 3.56. The molecule has 1 aliphatic heterocycles. The first-order valence-electron chi connectivity index (χ1n) is 6.34. The first-order valence-corrected chi connectivity index (χ1v) is 6.34. The van der Waals surface area contributed by atoms with E-state index in [2.05, 4.69) is 17.3 Å². The monoisotopic (exact) mass is 255 g/mol. The Morgan fingerprint density at radius 1 is 1.05 bits per heavy atom. The van der Waals surface area contributed by atoms with Gasteiger partial charge in [0.05, 0.1) is 5.71 Å². The number of oxime groups is 1. The van der Waals surface area contributed by atoms with Gasteiger partial charge in [-0.1, -0.05) is 53.7 Å². The first kappa shape index (κ1) is 11.9. The Labute approximate surface area is 111 Å². The topological polar surface area (TPSA) is 21.6 Å². The molecule has 0 saturated carbocycles. The molecule has 2 nitrogen and oxygen atoms in total. The second-order valence-corrected chi connectivity index (χ2v) is 4.64. The number of hydrogen-bond acceptors (Lipinski definition) is 2. The van der Waals surface area contributed by atoms with Gasteiger partial charge in [-0.15, -0.1) is 0 Å². The highest BCUT2D eigenvalue weighted by Crippen LogP contribution is 2.21. The SMILES string of the molecule is Fc1ccccc1C1=NO[C@H](Cc2ccccc2)C1. The third-order valence-electron chi connectivity index (χ3n) is 3.22. The normalized spacial score (nSPS) is 17.9. The lowest BCUT2D eigenvalue weighted by molar-refractivity contribution is 0.0859. The summed E-state index contributed by atoms with van der Waals surface area (Å²) in [5.41, 5.74) is 2.44. The summed E-state index contributed by atoms with van der Waals surface area (Å²) in [6.07, 6.45) is 1.44. The van der Waals surface area contributed by atoms with E-state index in [0.29, 0.717) is 17.7 Å². The van der Waals surface area contributed by atoms with Crippen LogP contribution in [-0.4, -0.2) is 11.8 Å². The third kappa shape index (κ3) is 2.65. The van der Waals surface area contributed by atoms with E-state index in [1.54, 1.807) is 12.1 Å². The predicted molar refractivity (Wildman–Crippen MR) is 72.6 cm³/mol. The van der Waals surface area contributed by atoms with Crippen LogP contribution >= 0.6 is 0 Å². The van der Waals surface area contributed by atoms with Gasteiger partial charge in [0.15, 0.2) is 0 Å². The highest BCUT2D eigenvalue weighted by atomic mass is 19.1. The molecule has 0 aliphatic carbocycles. The summed E-state index contributed by atoms with van der Waals surface area (Å²) >= 11 is 0. The van der Waals surface area contributed by atoms with E-state index in [1.165, 1.54) is 11.6 Å². The molecule has 0 amide bonds. The van der Waals surface area contributed by atoms with Crippen molar-refractivity contribution >= 4 is 5.71 Å². The van der Waals surface area contributed by atoms with E-state index in [9.17, 15) is 4.39 Å². The van der Waals surface area contributed by atoms with Gasteiger partial charge in [0, 0.05) is 18.4 Å². The van der Waals surface area contributed by atoms with Crippen LogP contribution in [0.1, 0.15) is 17.5 Å². The van der Waals surface area contributed by atoms with Gasteiger partial charge in [0.2, 0.25) is 0 Å². The lowest BCUT2D eigenvalue weighted by Gasteiger charge is -2.07. The van der Waals surface area contributed by atoms with Crippen LogP contribution in [0.5, 0.6) is 0 Å². The van der Waals surface area contributed by atoms with Crippen molar-refractivity contribution in [3.8, 4) is 0 Å². The average Bonchev–Trinajstić information content (AvgIpc) is 2.89. The van der Waals surface area contributed by atoms with Gasteiger partial charge in [0.1, 0.15) is 11.9 Å². The maximum Gasteiger partial charge on any atom is 0.137 e. The van der Waals surface area contributed by atoms with Crippen molar-refractivity contribution in [2.45, 2.75) is 18.9 Å². The van der Waals surface area contributed by atoms with Crippen molar-refractivity contribution in [1.82, 2.24) is 0 Å². The van der Waals surface area contributed by atoms with Crippen molar-refractivity contribution in [3.05, 3.63) is 71.5 Å². The van der Waals surface area contributed by atoms with E-state index in [1.807, 2.05) is 24.3 Å². The lowest BCUT2D eigenvalue weighted by atomic mass is 10.00. The fourth-order valence-electron chi connectivity index (χ4n) is 2.27. The van der Waals surface area contributed by atoms with Crippen LogP contribution in [0, 0.1) is 5.82 Å². The summed E-state index contributed by atoms with van der Waals surface area (Å²) in [6, 6.07) is 16.8. The quantitative estimate of drug-likeness (QED) is 0.821. The molecule has 0 saturated heterocycles. The summed E-state index contributed by atoms with van der Waals surface area (Å²) in [6.45, 7) is 0. The molecule has 2 aromatic rings. The number of hydrogen-bond donors (Lipinski definition) is 0. The van der Waals surface area contributed by atoms with Crippen LogP contribution in [0.2, 0.25) is 0 Å². The first-order chi connectivity index (χ1) is 9.33. The molecular formula is C16H14FNO. The van der Waals surface area contributed by atoms with Crippen molar-refractivity contribution in [2.75, 3.05) is 0 Å². The maximum atomic E-state index is 13.7. The van der Waals surface area contributed by atoms with Gasteiger partial charge in [-0.05, 0) is 11.6 Å². The molecule has 0 radical (unpaired) electrons. The molecule has 2 aromatic carbocycles. The Balaban J connectivity index is 1.69. The Kier molecular flexibility index (Phi) is 3.27. The number of nitrogens with zero attached hydrogens (tertiary/aromatic N) is 1. The summed E-state index contributed by atoms with van der Waals surface area (Å²) < 4.78 is 13.7. The van der Waals surface area contributed by atoms with Crippen molar-refractivity contribution in [3.63, 3.8) is 0 Å². The molecule has 96 valence electrons. The molecule has 0 bridgehead atoms. The van der Waals surface area contributed by atoms with Crippen molar-refractivity contribution in [2.24, 2.45) is 5.16 Å². The number of rotatable bonds is 3. The van der Waals surface area contributed by atoms with Crippen LogP contribution in [0.15, 0.2) is 59.8 Å². The highest BCUT2D eigenvalue weighted by Gasteiger charge is 2.23. The van der Waals surface area contributed by atoms with Crippen LogP contribution in [0.4, 0.5) is 4.39 Å². The summed E-state index contributed by atoms with van der Waals surface area (Å²) in [7, 11) is 0. The Hall–Kier alpha value is -2.16. The molecule has 0 aromatic heterocycles. The molecule has 19 heavy (non-hydrogen) atoms. The number of halogens is 1. The molecule has 1 heterocycles. The molecule has 0 N–H and O–H groups in total. The average molecular weight is 255 g/mol. The summed E-state index contributed by atoms with van der Waals surface area (Å²) in [5.74, 6) is -0.245. The zero-order valence-corrected chi connectivity index (χ0v) is 10.4. The fourth-order valence-corrected chi connectivity index (χ4v) is 2.27. The van der Waals surface area contributed by atoms with Gasteiger partial charge < -0.3 is 4.84 Å². The molecule has 0 spiro atoms. The third-order valence-corrected chi connectivity index (χ3v) is 3.22. The van der Waals surface area contributed by atoms with E-state index in [4.69, 9.17) is 4.84 Å². The van der Waals surface area contributed by atoms with Gasteiger partial charge in [-0.25, -0.2) is 4.39 Å². The lowest BCUT2D eigenvalue weighted by Crippen LogP contribution is -2.12. The minimum Gasteiger partial charge on any atom is -0.391 e. The van der Waals surface area contributed by atoms with Crippen molar-refractivity contribution in [1.29, 1.82) is 0 Å². The summed E-state index contributed by atoms with van der Waals surface area (Å²) in [4.78, 5) is 5.40. The Morgan fingerprint density at radius 3 is 2.58 bits per heavy atom. The van der Waals surface area contributed by atoms with Crippen molar-refractivity contribution < 1.29 is 9.23 Å². The number of benzene rings is 2. The Bertz CT molecular complexity index is 595. The van der Waals surface area contributed by atoms with Crippen LogP contribution < -0.4 is 0 Å². The second kappa shape index (κ2) is 5.22. The van der Waals surface area contributed by atoms with E-state index < -0.39 is 0 Å². The molecule has 1 aliphatic rings. The van der Waals surface area contributed by atoms with E-state index in [-0.39, 0.29) is 11.9 Å². The standard InChI is InChI=1S/C16H14FNO/c17-15-9-5-4-8-14(15)16-11-13(19-18-16)10-12-6-2-1-3-7-12/h1-9,13H,10-11H2/t13-/m1/s1.